The van der Waals surface area contributed by atoms with E-state index in [1.165, 1.54) is 10.9 Å². The number of carbonyl (C=O) groups is 2. The van der Waals surface area contributed by atoms with E-state index in [1.54, 1.807) is 18.0 Å². The van der Waals surface area contributed by atoms with E-state index in [4.69, 9.17) is 4.74 Å². The first-order chi connectivity index (χ1) is 18.9. The highest BCUT2D eigenvalue weighted by atomic mass is 16.5. The molecule has 4 atom stereocenters. The minimum atomic E-state index is -0.690. The lowest BCUT2D eigenvalue weighted by molar-refractivity contribution is -0.130. The average molecular weight is 518 g/mol. The smallest absolute Gasteiger partial charge is 0.233 e. The Balaban J connectivity index is 1.26. The Morgan fingerprint density at radius 2 is 1.92 bits per heavy atom. The lowest BCUT2D eigenvalue weighted by Crippen LogP contribution is -2.49. The second-order valence-corrected chi connectivity index (χ2v) is 11.2. The van der Waals surface area contributed by atoms with Crippen molar-refractivity contribution in [3.8, 4) is 6.07 Å². The maximum atomic E-state index is 14.1. The number of benzene rings is 3. The Labute approximate surface area is 228 Å². The van der Waals surface area contributed by atoms with Gasteiger partial charge in [-0.3, -0.25) is 9.78 Å². The molecular weight excluding hydrogens is 486 g/mol. The van der Waals surface area contributed by atoms with Crippen molar-refractivity contribution in [1.82, 2.24) is 4.98 Å². The number of hydrogen-bond donors (Lipinski definition) is 0. The Morgan fingerprint density at radius 1 is 1.10 bits per heavy atom. The number of hydrogen-bond acceptors (Lipinski definition) is 5. The molecule has 39 heavy (non-hydrogen) atoms. The van der Waals surface area contributed by atoms with Gasteiger partial charge in [0, 0.05) is 35.6 Å². The number of rotatable bonds is 7. The molecule has 3 heterocycles. The topological polar surface area (TPSA) is 83.3 Å². The molecule has 0 aliphatic carbocycles. The number of aromatic nitrogens is 1. The zero-order valence-electron chi connectivity index (χ0n) is 22.3. The first-order valence-electron chi connectivity index (χ1n) is 13.6. The van der Waals surface area contributed by atoms with E-state index in [-0.39, 0.29) is 5.91 Å². The molecule has 0 radical (unpaired) electrons. The van der Waals surface area contributed by atoms with Crippen molar-refractivity contribution in [2.24, 2.45) is 11.8 Å². The third-order valence-electron chi connectivity index (χ3n) is 9.05. The fourth-order valence-corrected chi connectivity index (χ4v) is 7.11. The van der Waals surface area contributed by atoms with E-state index in [0.29, 0.717) is 5.56 Å². The summed E-state index contributed by atoms with van der Waals surface area (Å²) in [6, 6.07) is 21.8. The second kappa shape index (κ2) is 9.59. The molecule has 6 heteroatoms. The lowest BCUT2D eigenvalue weighted by Gasteiger charge is -2.36. The second-order valence-electron chi connectivity index (χ2n) is 11.2. The number of pyridine rings is 1. The van der Waals surface area contributed by atoms with E-state index in [9.17, 15) is 14.9 Å². The van der Waals surface area contributed by atoms with Crippen LogP contribution in [0.3, 0.4) is 0 Å². The first-order valence-corrected chi connectivity index (χ1v) is 13.6. The molecule has 0 unspecified atom stereocenters. The molecular formula is C33H31N3O3. The molecule has 4 aromatic rings. The largest absolute Gasteiger partial charge is 0.367 e. The standard InChI is InChI=1S/C33H31N3O3/c1-32-16-17-33(39-32,15-6-9-22-7-5-8-24-20-35-18-14-25(22)24)28(21-37)30(32)31(38)36(2)29-13-12-23(19-34)26-10-3-4-11-27(26)29/h3-5,7-8,10-14,18,20-21,28,30H,6,9,15-17H2,1-2H3/t28-,30-,32-,33+/m1/s1. The van der Waals surface area contributed by atoms with Crippen LogP contribution in [0.5, 0.6) is 0 Å². The summed E-state index contributed by atoms with van der Waals surface area (Å²) in [5, 5.41) is 13.5. The first kappa shape index (κ1) is 25.2. The van der Waals surface area contributed by atoms with Crippen LogP contribution in [0.15, 0.2) is 73.1 Å². The summed E-state index contributed by atoms with van der Waals surface area (Å²) < 4.78 is 6.69. The quantitative estimate of drug-likeness (QED) is 0.281. The van der Waals surface area contributed by atoms with Gasteiger partial charge >= 0.3 is 0 Å². The van der Waals surface area contributed by atoms with Crippen LogP contribution >= 0.6 is 0 Å². The van der Waals surface area contributed by atoms with Gasteiger partial charge in [0.1, 0.15) is 6.29 Å². The molecule has 1 aromatic heterocycles. The van der Waals surface area contributed by atoms with Crippen LogP contribution in [-0.2, 0) is 20.7 Å². The van der Waals surface area contributed by atoms with Gasteiger partial charge in [-0.05, 0) is 68.2 Å². The number of fused-ring (bicyclic) bond motifs is 4. The van der Waals surface area contributed by atoms with Gasteiger partial charge in [-0.2, -0.15) is 5.26 Å². The van der Waals surface area contributed by atoms with Crippen molar-refractivity contribution in [2.75, 3.05) is 11.9 Å². The molecule has 2 fully saturated rings. The highest BCUT2D eigenvalue weighted by molar-refractivity contribution is 6.06. The minimum Gasteiger partial charge on any atom is -0.367 e. The fraction of sp³-hybridized carbons (Fsp3) is 0.333. The third-order valence-corrected chi connectivity index (χ3v) is 9.05. The van der Waals surface area contributed by atoms with Gasteiger partial charge < -0.3 is 14.4 Å². The molecule has 0 N–H and O–H groups in total. The van der Waals surface area contributed by atoms with Crippen LogP contribution in [-0.4, -0.2) is 35.4 Å². The number of ether oxygens (including phenoxy) is 1. The zero-order valence-corrected chi connectivity index (χ0v) is 22.3. The predicted octanol–water partition coefficient (Wildman–Crippen LogP) is 6.00. The fourth-order valence-electron chi connectivity index (χ4n) is 7.11. The van der Waals surface area contributed by atoms with Gasteiger partial charge in [-0.15, -0.1) is 0 Å². The molecule has 0 saturated carbocycles. The van der Waals surface area contributed by atoms with Gasteiger partial charge in [-0.25, -0.2) is 0 Å². The van der Waals surface area contributed by atoms with Crippen molar-refractivity contribution in [2.45, 2.75) is 50.2 Å². The van der Waals surface area contributed by atoms with Crippen LogP contribution in [0, 0.1) is 23.2 Å². The van der Waals surface area contributed by atoms with Gasteiger partial charge in [0.25, 0.3) is 0 Å². The van der Waals surface area contributed by atoms with E-state index < -0.39 is 23.0 Å². The van der Waals surface area contributed by atoms with E-state index in [2.05, 4.69) is 29.3 Å². The number of anilines is 1. The number of nitrogens with zero attached hydrogens (tertiary/aromatic N) is 3. The summed E-state index contributed by atoms with van der Waals surface area (Å²) in [4.78, 5) is 32.6. The highest BCUT2D eigenvalue weighted by Gasteiger charge is 2.67. The van der Waals surface area contributed by atoms with Crippen LogP contribution < -0.4 is 4.90 Å². The molecule has 2 aliphatic heterocycles. The minimum absolute atomic E-state index is 0.118. The molecule has 0 spiro atoms. The van der Waals surface area contributed by atoms with E-state index >= 15 is 0 Å². The van der Waals surface area contributed by atoms with Gasteiger partial charge in [0.15, 0.2) is 0 Å². The molecule has 2 bridgehead atoms. The third kappa shape index (κ3) is 4.00. The summed E-state index contributed by atoms with van der Waals surface area (Å²) in [5.41, 5.74) is 1.23. The van der Waals surface area contributed by atoms with Crippen molar-refractivity contribution < 1.29 is 14.3 Å². The van der Waals surface area contributed by atoms with E-state index in [1.807, 2.05) is 55.7 Å². The van der Waals surface area contributed by atoms with Crippen LogP contribution in [0.2, 0.25) is 0 Å². The number of aldehydes is 1. The van der Waals surface area contributed by atoms with Crippen LogP contribution in [0.25, 0.3) is 21.5 Å². The average Bonchev–Trinajstić information content (AvgIpc) is 3.44. The SMILES string of the molecule is CN(C(=O)[C@H]1[C@@H](C=O)[C@]2(CCCc3cccc4cnccc34)CC[C@@]1(C)O2)c1ccc(C#N)c2ccccc12. The predicted molar refractivity (Wildman–Crippen MR) is 151 cm³/mol. The Morgan fingerprint density at radius 3 is 2.72 bits per heavy atom. The molecule has 1 amide bonds. The molecule has 2 saturated heterocycles. The maximum absolute atomic E-state index is 14.1. The number of carbonyl (C=O) groups excluding carboxylic acids is 2. The van der Waals surface area contributed by atoms with Gasteiger partial charge in [0.2, 0.25) is 5.91 Å². The molecule has 3 aromatic carbocycles. The Kier molecular flexibility index (Phi) is 6.20. The van der Waals surface area contributed by atoms with E-state index in [0.717, 1.165) is 60.2 Å². The maximum Gasteiger partial charge on any atom is 0.233 e. The lowest BCUT2D eigenvalue weighted by atomic mass is 9.65. The molecule has 6 nitrogen and oxygen atoms in total. The van der Waals surface area contributed by atoms with Crippen LogP contribution in [0.1, 0.15) is 43.7 Å². The van der Waals surface area contributed by atoms with Crippen molar-refractivity contribution in [3.05, 3.63) is 84.2 Å². The molecule has 2 aliphatic rings. The Hall–Kier alpha value is -4.08. The summed E-state index contributed by atoms with van der Waals surface area (Å²) in [6.07, 6.45) is 8.63. The number of aryl methyl sites for hydroxylation is 1. The highest BCUT2D eigenvalue weighted by Crippen LogP contribution is 2.59. The van der Waals surface area contributed by atoms with Gasteiger partial charge in [0.05, 0.1) is 40.4 Å². The van der Waals surface area contributed by atoms with Crippen LogP contribution in [0.4, 0.5) is 5.69 Å². The number of amides is 1. The summed E-state index contributed by atoms with van der Waals surface area (Å²) in [6.45, 7) is 1.99. The van der Waals surface area contributed by atoms with Crippen molar-refractivity contribution in [1.29, 1.82) is 5.26 Å². The Bertz CT molecular complexity index is 1640. The van der Waals surface area contributed by atoms with Gasteiger partial charge in [-0.1, -0.05) is 42.5 Å². The summed E-state index contributed by atoms with van der Waals surface area (Å²) in [5.74, 6) is -1.19. The van der Waals surface area contributed by atoms with Crippen molar-refractivity contribution >= 4 is 39.4 Å². The van der Waals surface area contributed by atoms with Crippen molar-refractivity contribution in [3.63, 3.8) is 0 Å². The summed E-state index contributed by atoms with van der Waals surface area (Å²) >= 11 is 0. The molecule has 6 rings (SSSR count). The summed E-state index contributed by atoms with van der Waals surface area (Å²) in [7, 11) is 1.76. The normalized spacial score (nSPS) is 25.6. The zero-order chi connectivity index (χ0) is 27.2. The number of nitriles is 1. The monoisotopic (exact) mass is 517 g/mol. The molecule has 196 valence electrons.